The first-order valence-electron chi connectivity index (χ1n) is 6.80. The summed E-state index contributed by atoms with van der Waals surface area (Å²) in [6.07, 6.45) is 1.00. The molecule has 0 spiro atoms. The van der Waals surface area contributed by atoms with E-state index in [1.54, 1.807) is 0 Å². The van der Waals surface area contributed by atoms with E-state index in [-0.39, 0.29) is 11.9 Å². The zero-order chi connectivity index (χ0) is 13.8. The van der Waals surface area contributed by atoms with Gasteiger partial charge in [0.15, 0.2) is 0 Å². The fourth-order valence-electron chi connectivity index (χ4n) is 2.41. The van der Waals surface area contributed by atoms with Gasteiger partial charge in [-0.3, -0.25) is 4.79 Å². The standard InChI is InChI=1S/C15H23N3O/c1-17(2)10-11-18(3)15(19)14-13-7-5-4-6-12(13)8-9-16-14/h4-7,14,16H,8-11H2,1-3H3. The lowest BCUT2D eigenvalue weighted by molar-refractivity contribution is -0.132. The molecule has 19 heavy (non-hydrogen) atoms. The molecule has 1 aliphatic rings. The van der Waals surface area contributed by atoms with Gasteiger partial charge in [0.1, 0.15) is 6.04 Å². The zero-order valence-corrected chi connectivity index (χ0v) is 12.0. The number of nitrogens with one attached hydrogen (secondary N) is 1. The topological polar surface area (TPSA) is 35.6 Å². The maximum absolute atomic E-state index is 12.5. The first kappa shape index (κ1) is 14.0. The number of amides is 1. The lowest BCUT2D eigenvalue weighted by atomic mass is 9.93. The van der Waals surface area contributed by atoms with E-state index in [4.69, 9.17) is 0 Å². The Morgan fingerprint density at radius 1 is 1.26 bits per heavy atom. The fourth-order valence-corrected chi connectivity index (χ4v) is 2.41. The number of hydrogen-bond acceptors (Lipinski definition) is 3. The van der Waals surface area contributed by atoms with E-state index in [1.165, 1.54) is 5.56 Å². The van der Waals surface area contributed by atoms with Gasteiger partial charge in [-0.05, 0) is 31.6 Å². The molecule has 1 aliphatic heterocycles. The molecular formula is C15H23N3O. The van der Waals surface area contributed by atoms with Crippen LogP contribution in [0.1, 0.15) is 17.2 Å². The van der Waals surface area contributed by atoms with Crippen LogP contribution in [-0.4, -0.2) is 56.5 Å². The molecule has 0 saturated carbocycles. The number of carbonyl (C=O) groups is 1. The largest absolute Gasteiger partial charge is 0.343 e. The Balaban J connectivity index is 2.08. The quantitative estimate of drug-likeness (QED) is 0.874. The third-order valence-corrected chi connectivity index (χ3v) is 3.61. The fraction of sp³-hybridized carbons (Fsp3) is 0.533. The van der Waals surface area contributed by atoms with Crippen LogP contribution in [0.3, 0.4) is 0 Å². The van der Waals surface area contributed by atoms with Crippen LogP contribution in [0.4, 0.5) is 0 Å². The van der Waals surface area contributed by atoms with Crippen molar-refractivity contribution in [3.63, 3.8) is 0 Å². The van der Waals surface area contributed by atoms with Crippen molar-refractivity contribution in [3.8, 4) is 0 Å². The Morgan fingerprint density at radius 3 is 2.74 bits per heavy atom. The van der Waals surface area contributed by atoms with Gasteiger partial charge in [0, 0.05) is 26.7 Å². The summed E-state index contributed by atoms with van der Waals surface area (Å²) < 4.78 is 0. The minimum atomic E-state index is -0.183. The summed E-state index contributed by atoms with van der Waals surface area (Å²) in [5, 5.41) is 3.34. The van der Waals surface area contributed by atoms with E-state index in [1.807, 2.05) is 38.2 Å². The number of rotatable bonds is 4. The summed E-state index contributed by atoms with van der Waals surface area (Å²) in [4.78, 5) is 16.4. The Labute approximate surface area is 115 Å². The molecule has 1 atom stereocenters. The van der Waals surface area contributed by atoms with Gasteiger partial charge in [-0.15, -0.1) is 0 Å². The van der Waals surface area contributed by atoms with Gasteiger partial charge in [-0.2, -0.15) is 0 Å². The molecular weight excluding hydrogens is 238 g/mol. The smallest absolute Gasteiger partial charge is 0.244 e. The Hall–Kier alpha value is -1.39. The second kappa shape index (κ2) is 6.17. The van der Waals surface area contributed by atoms with Crippen LogP contribution in [0, 0.1) is 0 Å². The number of hydrogen-bond donors (Lipinski definition) is 1. The summed E-state index contributed by atoms with van der Waals surface area (Å²) in [6, 6.07) is 8.05. The molecule has 4 heteroatoms. The van der Waals surface area contributed by atoms with Crippen LogP contribution in [0.15, 0.2) is 24.3 Å². The maximum atomic E-state index is 12.5. The Kier molecular flexibility index (Phi) is 4.56. The van der Waals surface area contributed by atoms with Crippen molar-refractivity contribution in [3.05, 3.63) is 35.4 Å². The molecule has 0 aromatic heterocycles. The van der Waals surface area contributed by atoms with Gasteiger partial charge in [-0.25, -0.2) is 0 Å². The van der Waals surface area contributed by atoms with Gasteiger partial charge in [-0.1, -0.05) is 24.3 Å². The molecule has 104 valence electrons. The van der Waals surface area contributed by atoms with E-state index < -0.39 is 0 Å². The van der Waals surface area contributed by atoms with Crippen LogP contribution >= 0.6 is 0 Å². The summed E-state index contributed by atoms with van der Waals surface area (Å²) >= 11 is 0. The minimum Gasteiger partial charge on any atom is -0.343 e. The molecule has 0 radical (unpaired) electrons. The molecule has 4 nitrogen and oxygen atoms in total. The molecule has 0 bridgehead atoms. The molecule has 0 aliphatic carbocycles. The monoisotopic (exact) mass is 261 g/mol. The molecule has 1 N–H and O–H groups in total. The second-order valence-electron chi connectivity index (χ2n) is 5.40. The summed E-state index contributed by atoms with van der Waals surface area (Å²) in [5.41, 5.74) is 2.43. The Bertz CT molecular complexity index is 445. The highest BCUT2D eigenvalue weighted by atomic mass is 16.2. The average Bonchev–Trinajstić information content (AvgIpc) is 2.43. The molecule has 1 aromatic rings. The van der Waals surface area contributed by atoms with Crippen molar-refractivity contribution in [2.24, 2.45) is 0 Å². The van der Waals surface area contributed by atoms with Crippen molar-refractivity contribution < 1.29 is 4.79 Å². The number of nitrogens with zero attached hydrogens (tertiary/aromatic N) is 2. The third-order valence-electron chi connectivity index (χ3n) is 3.61. The van der Waals surface area contributed by atoms with Gasteiger partial charge in [0.25, 0.3) is 0 Å². The van der Waals surface area contributed by atoms with Crippen LogP contribution in [0.2, 0.25) is 0 Å². The number of likely N-dealkylation sites (N-methyl/N-ethyl adjacent to an activating group) is 2. The first-order chi connectivity index (χ1) is 9.09. The highest BCUT2D eigenvalue weighted by Crippen LogP contribution is 2.23. The van der Waals surface area contributed by atoms with Crippen molar-refractivity contribution in [1.82, 2.24) is 15.1 Å². The first-order valence-corrected chi connectivity index (χ1v) is 6.80. The van der Waals surface area contributed by atoms with Crippen LogP contribution in [0.5, 0.6) is 0 Å². The predicted molar refractivity (Wildman–Crippen MR) is 77.1 cm³/mol. The van der Waals surface area contributed by atoms with Crippen LogP contribution in [-0.2, 0) is 11.2 Å². The van der Waals surface area contributed by atoms with E-state index in [0.29, 0.717) is 0 Å². The normalized spacial score (nSPS) is 18.2. The SMILES string of the molecule is CN(C)CCN(C)C(=O)C1NCCc2ccccc21. The van der Waals surface area contributed by atoms with Gasteiger partial charge in [0.2, 0.25) is 5.91 Å². The molecule has 2 rings (SSSR count). The molecule has 1 aromatic carbocycles. The number of benzene rings is 1. The van der Waals surface area contributed by atoms with E-state index in [2.05, 4.69) is 22.3 Å². The van der Waals surface area contributed by atoms with Crippen molar-refractivity contribution in [1.29, 1.82) is 0 Å². The lowest BCUT2D eigenvalue weighted by Crippen LogP contribution is -2.44. The van der Waals surface area contributed by atoms with Crippen molar-refractivity contribution in [2.75, 3.05) is 40.8 Å². The van der Waals surface area contributed by atoms with E-state index >= 15 is 0 Å². The molecule has 1 unspecified atom stereocenters. The third kappa shape index (κ3) is 3.33. The molecule has 0 saturated heterocycles. The summed E-state index contributed by atoms with van der Waals surface area (Å²) in [6.45, 7) is 2.51. The van der Waals surface area contributed by atoms with E-state index in [9.17, 15) is 4.79 Å². The van der Waals surface area contributed by atoms with Crippen LogP contribution < -0.4 is 5.32 Å². The maximum Gasteiger partial charge on any atom is 0.244 e. The van der Waals surface area contributed by atoms with Crippen LogP contribution in [0.25, 0.3) is 0 Å². The van der Waals surface area contributed by atoms with E-state index in [0.717, 1.165) is 31.6 Å². The Morgan fingerprint density at radius 2 is 2.00 bits per heavy atom. The number of fused-ring (bicyclic) bond motifs is 1. The highest BCUT2D eigenvalue weighted by Gasteiger charge is 2.27. The second-order valence-corrected chi connectivity index (χ2v) is 5.40. The molecule has 1 amide bonds. The summed E-state index contributed by atoms with van der Waals surface area (Å²) in [7, 11) is 5.92. The predicted octanol–water partition coefficient (Wildman–Crippen LogP) is 0.893. The minimum absolute atomic E-state index is 0.161. The zero-order valence-electron chi connectivity index (χ0n) is 12.0. The van der Waals surface area contributed by atoms with Crippen molar-refractivity contribution in [2.45, 2.75) is 12.5 Å². The van der Waals surface area contributed by atoms with Gasteiger partial charge < -0.3 is 15.1 Å². The molecule has 1 heterocycles. The number of carbonyl (C=O) groups excluding carboxylic acids is 1. The lowest BCUT2D eigenvalue weighted by Gasteiger charge is -2.30. The average molecular weight is 261 g/mol. The molecule has 0 fully saturated rings. The van der Waals surface area contributed by atoms with Gasteiger partial charge >= 0.3 is 0 Å². The highest BCUT2D eigenvalue weighted by molar-refractivity contribution is 5.83. The van der Waals surface area contributed by atoms with Crippen molar-refractivity contribution >= 4 is 5.91 Å². The van der Waals surface area contributed by atoms with Gasteiger partial charge in [0.05, 0.1) is 0 Å². The summed E-state index contributed by atoms with van der Waals surface area (Å²) in [5.74, 6) is 0.161.